The largest absolute Gasteiger partial charge is 0.315 e. The van der Waals surface area contributed by atoms with E-state index >= 15 is 0 Å². The van der Waals surface area contributed by atoms with E-state index in [1.165, 1.54) is 22.3 Å². The van der Waals surface area contributed by atoms with Crippen molar-refractivity contribution < 1.29 is 4.57 Å². The van der Waals surface area contributed by atoms with Gasteiger partial charge < -0.3 is 4.57 Å². The van der Waals surface area contributed by atoms with Gasteiger partial charge in [0.05, 0.1) is 0 Å². The van der Waals surface area contributed by atoms with Gasteiger partial charge in [0.2, 0.25) is 0 Å². The average Bonchev–Trinajstić information content (AvgIpc) is 2.38. The summed E-state index contributed by atoms with van der Waals surface area (Å²) in [7, 11) is -2.44. The molecule has 0 amide bonds. The molecular weight excluding hydrogens is 263 g/mol. The lowest BCUT2D eigenvalue weighted by atomic mass is 10.0. The standard InChI is InChI=1S/C18H21OP/c1-14-12-15(2)18(16(3)13-14)10-11-20(4,19)17-8-6-5-7-9-17/h5-13H,1-4H3/b11-10+. The number of rotatable bonds is 3. The molecule has 0 aliphatic carbocycles. The van der Waals surface area contributed by atoms with Gasteiger partial charge in [0.15, 0.2) is 0 Å². The van der Waals surface area contributed by atoms with Gasteiger partial charge in [0, 0.05) is 5.30 Å². The predicted octanol–water partition coefficient (Wildman–Crippen LogP) is 4.90. The second kappa shape index (κ2) is 5.81. The summed E-state index contributed by atoms with van der Waals surface area (Å²) >= 11 is 0. The third-order valence-electron chi connectivity index (χ3n) is 3.53. The first-order valence-corrected chi connectivity index (χ1v) is 9.02. The van der Waals surface area contributed by atoms with E-state index in [0.717, 1.165) is 5.30 Å². The van der Waals surface area contributed by atoms with Gasteiger partial charge >= 0.3 is 0 Å². The molecule has 0 aromatic heterocycles. The lowest BCUT2D eigenvalue weighted by Gasteiger charge is -2.10. The van der Waals surface area contributed by atoms with Crippen LogP contribution < -0.4 is 5.30 Å². The van der Waals surface area contributed by atoms with Gasteiger partial charge in [-0.05, 0) is 49.9 Å². The van der Waals surface area contributed by atoms with E-state index in [9.17, 15) is 4.57 Å². The van der Waals surface area contributed by atoms with Gasteiger partial charge in [0.25, 0.3) is 0 Å². The molecule has 0 aliphatic rings. The highest BCUT2D eigenvalue weighted by Crippen LogP contribution is 2.42. The molecule has 0 saturated heterocycles. The summed E-state index contributed by atoms with van der Waals surface area (Å²) in [6.45, 7) is 8.12. The summed E-state index contributed by atoms with van der Waals surface area (Å²) < 4.78 is 12.8. The first-order chi connectivity index (χ1) is 9.40. The Morgan fingerprint density at radius 2 is 1.50 bits per heavy atom. The third-order valence-corrected chi connectivity index (χ3v) is 5.57. The molecule has 0 heterocycles. The first-order valence-electron chi connectivity index (χ1n) is 6.80. The highest BCUT2D eigenvalue weighted by atomic mass is 31.2. The maximum Gasteiger partial charge on any atom is 0.133 e. The van der Waals surface area contributed by atoms with Crippen molar-refractivity contribution >= 4 is 18.5 Å². The fourth-order valence-corrected chi connectivity index (χ4v) is 3.85. The van der Waals surface area contributed by atoms with Gasteiger partial charge in [-0.15, -0.1) is 0 Å². The number of aryl methyl sites for hydroxylation is 3. The zero-order chi connectivity index (χ0) is 14.8. The van der Waals surface area contributed by atoms with Crippen LogP contribution in [0.5, 0.6) is 0 Å². The lowest BCUT2D eigenvalue weighted by Crippen LogP contribution is -2.00. The molecule has 2 heteroatoms. The van der Waals surface area contributed by atoms with Crippen LogP contribution in [-0.4, -0.2) is 6.66 Å². The van der Waals surface area contributed by atoms with Gasteiger partial charge in [-0.1, -0.05) is 54.1 Å². The molecule has 0 radical (unpaired) electrons. The molecule has 0 spiro atoms. The second-order valence-corrected chi connectivity index (χ2v) is 8.25. The number of hydrogen-bond acceptors (Lipinski definition) is 1. The van der Waals surface area contributed by atoms with Crippen LogP contribution in [0, 0.1) is 20.8 Å². The molecule has 1 atom stereocenters. The summed E-state index contributed by atoms with van der Waals surface area (Å²) in [4.78, 5) is 0. The van der Waals surface area contributed by atoms with Crippen molar-refractivity contribution in [1.29, 1.82) is 0 Å². The minimum atomic E-state index is -2.44. The summed E-state index contributed by atoms with van der Waals surface area (Å²) in [6.07, 6.45) is 2.01. The molecule has 104 valence electrons. The summed E-state index contributed by atoms with van der Waals surface area (Å²) in [5, 5.41) is 0.902. The van der Waals surface area contributed by atoms with Crippen molar-refractivity contribution in [3.8, 4) is 0 Å². The molecule has 20 heavy (non-hydrogen) atoms. The Labute approximate surface area is 121 Å². The van der Waals surface area contributed by atoms with Crippen molar-refractivity contribution in [2.75, 3.05) is 6.66 Å². The summed E-state index contributed by atoms with van der Waals surface area (Å²) in [6, 6.07) is 14.0. The fourth-order valence-electron chi connectivity index (χ4n) is 2.48. The van der Waals surface area contributed by atoms with Crippen molar-refractivity contribution in [2.24, 2.45) is 0 Å². The average molecular weight is 284 g/mol. The van der Waals surface area contributed by atoms with E-state index in [0.29, 0.717) is 0 Å². The molecule has 2 aromatic rings. The van der Waals surface area contributed by atoms with Crippen LogP contribution in [-0.2, 0) is 4.57 Å². The van der Waals surface area contributed by atoms with Gasteiger partial charge in [0.1, 0.15) is 7.14 Å². The van der Waals surface area contributed by atoms with E-state index < -0.39 is 7.14 Å². The minimum Gasteiger partial charge on any atom is -0.315 e. The van der Waals surface area contributed by atoms with Crippen LogP contribution in [0.4, 0.5) is 0 Å². The zero-order valence-corrected chi connectivity index (χ0v) is 13.4. The van der Waals surface area contributed by atoms with E-state index in [4.69, 9.17) is 0 Å². The highest BCUT2D eigenvalue weighted by molar-refractivity contribution is 7.74. The Kier molecular flexibility index (Phi) is 4.30. The Hall–Kier alpha value is -1.59. The van der Waals surface area contributed by atoms with E-state index in [1.807, 2.05) is 48.9 Å². The zero-order valence-electron chi connectivity index (χ0n) is 12.6. The molecule has 0 N–H and O–H groups in total. The van der Waals surface area contributed by atoms with Gasteiger partial charge in [-0.2, -0.15) is 0 Å². The van der Waals surface area contributed by atoms with E-state index in [-0.39, 0.29) is 0 Å². The smallest absolute Gasteiger partial charge is 0.133 e. The van der Waals surface area contributed by atoms with Crippen LogP contribution in [0.3, 0.4) is 0 Å². The number of hydrogen-bond donors (Lipinski definition) is 0. The molecule has 2 aromatic carbocycles. The topological polar surface area (TPSA) is 17.1 Å². The Morgan fingerprint density at radius 3 is 2.05 bits per heavy atom. The molecular formula is C18H21OP. The van der Waals surface area contributed by atoms with Crippen LogP contribution in [0.25, 0.3) is 6.08 Å². The third kappa shape index (κ3) is 3.29. The quantitative estimate of drug-likeness (QED) is 0.733. The molecule has 1 unspecified atom stereocenters. The van der Waals surface area contributed by atoms with Crippen LogP contribution in [0.2, 0.25) is 0 Å². The van der Waals surface area contributed by atoms with Crippen LogP contribution in [0.1, 0.15) is 22.3 Å². The normalized spacial score (nSPS) is 14.4. The van der Waals surface area contributed by atoms with Crippen molar-refractivity contribution in [2.45, 2.75) is 20.8 Å². The summed E-state index contributed by atoms with van der Waals surface area (Å²) in [5.74, 6) is 1.87. The lowest BCUT2D eigenvalue weighted by molar-refractivity contribution is 0.590. The molecule has 1 nitrogen and oxygen atoms in total. The maximum atomic E-state index is 12.8. The second-order valence-electron chi connectivity index (χ2n) is 5.45. The monoisotopic (exact) mass is 284 g/mol. The minimum absolute atomic E-state index is 0.902. The van der Waals surface area contributed by atoms with Crippen LogP contribution in [0.15, 0.2) is 48.3 Å². The highest BCUT2D eigenvalue weighted by Gasteiger charge is 2.13. The molecule has 0 aliphatic heterocycles. The molecule has 0 bridgehead atoms. The Morgan fingerprint density at radius 1 is 0.950 bits per heavy atom. The van der Waals surface area contributed by atoms with Gasteiger partial charge in [-0.25, -0.2) is 0 Å². The number of benzene rings is 2. The maximum absolute atomic E-state index is 12.8. The molecule has 0 fully saturated rings. The molecule has 0 saturated carbocycles. The first kappa shape index (κ1) is 14.8. The van der Waals surface area contributed by atoms with Crippen molar-refractivity contribution in [3.05, 3.63) is 70.5 Å². The Bertz CT molecular complexity index is 661. The molecule has 2 rings (SSSR count). The summed E-state index contributed by atoms with van der Waals surface area (Å²) in [5.41, 5.74) is 4.90. The van der Waals surface area contributed by atoms with Gasteiger partial charge in [-0.3, -0.25) is 0 Å². The van der Waals surface area contributed by atoms with Crippen molar-refractivity contribution in [3.63, 3.8) is 0 Å². The van der Waals surface area contributed by atoms with E-state index in [2.05, 4.69) is 32.9 Å². The van der Waals surface area contributed by atoms with Crippen molar-refractivity contribution in [1.82, 2.24) is 0 Å². The Balaban J connectivity index is 2.37. The SMILES string of the molecule is Cc1cc(C)c(/C=C/P(C)(=O)c2ccccc2)c(C)c1. The van der Waals surface area contributed by atoms with E-state index in [1.54, 1.807) is 0 Å². The fraction of sp³-hybridized carbons (Fsp3) is 0.222. The predicted molar refractivity (Wildman–Crippen MR) is 89.3 cm³/mol. The van der Waals surface area contributed by atoms with Crippen LogP contribution >= 0.6 is 7.14 Å².